The number of hydrogen-bond donors (Lipinski definition) is 1. The zero-order valence-electron chi connectivity index (χ0n) is 18.2. The first-order valence-electron chi connectivity index (χ1n) is 11.0. The number of hydrogen-bond acceptors (Lipinski definition) is 5. The van der Waals surface area contributed by atoms with Crippen LogP contribution in [0.4, 0.5) is 0 Å². The number of aromatic hydroxyl groups is 1. The molecule has 0 fully saturated rings. The number of carbonyl (C=O) groups excluding carboxylic acids is 2. The van der Waals surface area contributed by atoms with E-state index in [-0.39, 0.29) is 30.3 Å². The molecule has 174 valence electrons. The summed E-state index contributed by atoms with van der Waals surface area (Å²) in [5, 5.41) is 9.82. The van der Waals surface area contributed by atoms with Crippen LogP contribution >= 0.6 is 22.6 Å². The summed E-state index contributed by atoms with van der Waals surface area (Å²) < 4.78 is 4.28. The predicted molar refractivity (Wildman–Crippen MR) is 136 cm³/mol. The normalized spacial score (nSPS) is 21.2. The number of allylic oxidation sites excluding steroid dienone is 6. The molecule has 1 N–H and O–H groups in total. The van der Waals surface area contributed by atoms with Crippen LogP contribution in [-0.4, -0.2) is 30.6 Å². The van der Waals surface area contributed by atoms with E-state index in [1.807, 2.05) is 28.7 Å². The standard InChI is InChI=1S/C26H18IN3O5/c27-19-13-21(32)18-12-20-17(22(23(18)24(19)33)14-6-8-16(31)9-7-14)10-11-28-25(34)29(26(35)30(20)28)15-4-2-1-3-5-15/h1-10,13,20,22,31H,11-12H2. The lowest BCUT2D eigenvalue weighted by molar-refractivity contribution is -0.115. The second kappa shape index (κ2) is 7.91. The first-order chi connectivity index (χ1) is 16.9. The van der Waals surface area contributed by atoms with Crippen molar-refractivity contribution in [3.8, 4) is 11.4 Å². The molecule has 1 aliphatic heterocycles. The summed E-state index contributed by atoms with van der Waals surface area (Å²) in [6, 6.07) is 14.6. The van der Waals surface area contributed by atoms with Crippen LogP contribution in [0.15, 0.2) is 96.6 Å². The third-order valence-corrected chi connectivity index (χ3v) is 7.64. The minimum absolute atomic E-state index is 0.0819. The van der Waals surface area contributed by atoms with Gasteiger partial charge < -0.3 is 5.11 Å². The van der Waals surface area contributed by atoms with Crippen molar-refractivity contribution >= 4 is 34.2 Å². The van der Waals surface area contributed by atoms with Gasteiger partial charge in [-0.25, -0.2) is 23.5 Å². The van der Waals surface area contributed by atoms with Crippen LogP contribution in [0.3, 0.4) is 0 Å². The van der Waals surface area contributed by atoms with Gasteiger partial charge in [0, 0.05) is 29.6 Å². The number of aromatic nitrogens is 3. The summed E-state index contributed by atoms with van der Waals surface area (Å²) in [4.78, 5) is 53.2. The summed E-state index contributed by atoms with van der Waals surface area (Å²) >= 11 is 1.88. The highest BCUT2D eigenvalue weighted by Gasteiger charge is 2.45. The molecule has 1 aromatic heterocycles. The highest BCUT2D eigenvalue weighted by atomic mass is 127. The maximum absolute atomic E-state index is 13.6. The molecule has 3 aromatic rings. The molecule has 2 atom stereocenters. The first kappa shape index (κ1) is 21.8. The minimum atomic E-state index is -0.604. The zero-order valence-corrected chi connectivity index (χ0v) is 20.4. The van der Waals surface area contributed by atoms with Gasteiger partial charge >= 0.3 is 11.4 Å². The van der Waals surface area contributed by atoms with E-state index < -0.39 is 23.3 Å². The third-order valence-electron chi connectivity index (χ3n) is 6.84. The Bertz CT molecular complexity index is 1630. The Labute approximate surface area is 212 Å². The number of ketones is 2. The number of Topliss-reactive ketones (excluding diaryl/α,β-unsaturated/α-hetero) is 1. The maximum atomic E-state index is 13.6. The van der Waals surface area contributed by atoms with E-state index >= 15 is 0 Å². The number of benzene rings is 2. The van der Waals surface area contributed by atoms with Crippen molar-refractivity contribution in [3.63, 3.8) is 0 Å². The molecule has 2 unspecified atom stereocenters. The lowest BCUT2D eigenvalue weighted by Gasteiger charge is -2.39. The van der Waals surface area contributed by atoms with Crippen molar-refractivity contribution in [1.82, 2.24) is 13.9 Å². The fraction of sp³-hybridized carbons (Fsp3) is 0.154. The molecular formula is C26H18IN3O5. The molecule has 2 heterocycles. The number of nitrogens with zero attached hydrogens (tertiary/aromatic N) is 3. The molecule has 0 saturated carbocycles. The molecule has 0 spiro atoms. The van der Waals surface area contributed by atoms with E-state index in [2.05, 4.69) is 0 Å². The van der Waals surface area contributed by atoms with Crippen LogP contribution in [0.5, 0.6) is 5.75 Å². The van der Waals surface area contributed by atoms with E-state index in [9.17, 15) is 24.3 Å². The number of carbonyl (C=O) groups is 2. The molecule has 0 bridgehead atoms. The summed E-state index contributed by atoms with van der Waals surface area (Å²) in [6.45, 7) is 0.159. The van der Waals surface area contributed by atoms with Crippen molar-refractivity contribution < 1.29 is 14.7 Å². The zero-order chi connectivity index (χ0) is 24.4. The van der Waals surface area contributed by atoms with E-state index in [0.717, 1.165) is 15.7 Å². The first-order valence-corrected chi connectivity index (χ1v) is 12.1. The lowest BCUT2D eigenvalue weighted by Crippen LogP contribution is -2.40. The smallest absolute Gasteiger partial charge is 0.352 e. The van der Waals surface area contributed by atoms with E-state index in [1.54, 1.807) is 42.5 Å². The van der Waals surface area contributed by atoms with Crippen LogP contribution in [0.1, 0.15) is 23.9 Å². The van der Waals surface area contributed by atoms with E-state index in [1.165, 1.54) is 27.6 Å². The van der Waals surface area contributed by atoms with Gasteiger partial charge in [0.15, 0.2) is 11.6 Å². The topological polar surface area (TPSA) is 103 Å². The molecule has 35 heavy (non-hydrogen) atoms. The molecule has 2 aromatic carbocycles. The Kier molecular flexibility index (Phi) is 4.92. The van der Waals surface area contributed by atoms with Crippen molar-refractivity contribution in [3.05, 3.63) is 114 Å². The van der Waals surface area contributed by atoms with Gasteiger partial charge in [-0.1, -0.05) is 36.4 Å². The molecule has 0 radical (unpaired) electrons. The Morgan fingerprint density at radius 2 is 1.63 bits per heavy atom. The van der Waals surface area contributed by atoms with E-state index in [4.69, 9.17) is 0 Å². The highest BCUT2D eigenvalue weighted by molar-refractivity contribution is 14.1. The summed E-state index contributed by atoms with van der Waals surface area (Å²) in [6.07, 6.45) is 3.35. The number of rotatable bonds is 2. The molecule has 0 amide bonds. The monoisotopic (exact) mass is 579 g/mol. The van der Waals surface area contributed by atoms with Crippen LogP contribution in [0.2, 0.25) is 0 Å². The van der Waals surface area contributed by atoms with Crippen LogP contribution in [0, 0.1) is 0 Å². The van der Waals surface area contributed by atoms with Crippen molar-refractivity contribution in [2.24, 2.45) is 0 Å². The minimum Gasteiger partial charge on any atom is -0.508 e. The second-order valence-corrected chi connectivity index (χ2v) is 9.85. The predicted octanol–water partition coefficient (Wildman–Crippen LogP) is 2.94. The molecular weight excluding hydrogens is 561 g/mol. The van der Waals surface area contributed by atoms with Gasteiger partial charge in [-0.2, -0.15) is 0 Å². The second-order valence-electron chi connectivity index (χ2n) is 8.69. The Morgan fingerprint density at radius 1 is 0.914 bits per heavy atom. The Balaban J connectivity index is 1.59. The lowest BCUT2D eigenvalue weighted by atomic mass is 9.69. The maximum Gasteiger partial charge on any atom is 0.352 e. The van der Waals surface area contributed by atoms with Crippen molar-refractivity contribution in [2.75, 3.05) is 0 Å². The SMILES string of the molecule is O=C1C=C(I)C(=O)C2=C1CC1C(=CCn3c(=O)n(-c4ccccc4)c(=O)n31)C2c1ccc(O)cc1. The number of phenols is 1. The van der Waals surface area contributed by atoms with Crippen molar-refractivity contribution in [2.45, 2.75) is 24.9 Å². The Hall–Kier alpha value is -3.73. The Morgan fingerprint density at radius 3 is 2.34 bits per heavy atom. The quantitative estimate of drug-likeness (QED) is 0.286. The largest absolute Gasteiger partial charge is 0.508 e. The summed E-state index contributed by atoms with van der Waals surface area (Å²) in [5.74, 6) is -0.967. The average molecular weight is 579 g/mol. The molecule has 9 heteroatoms. The van der Waals surface area contributed by atoms with Crippen molar-refractivity contribution in [1.29, 1.82) is 0 Å². The van der Waals surface area contributed by atoms with Crippen LogP contribution in [-0.2, 0) is 16.1 Å². The van der Waals surface area contributed by atoms with Gasteiger partial charge in [-0.3, -0.25) is 9.59 Å². The number of fused-ring (bicyclic) bond motifs is 3. The number of para-hydroxylation sites is 1. The number of halogens is 1. The van der Waals surface area contributed by atoms with E-state index in [0.29, 0.717) is 20.4 Å². The van der Waals surface area contributed by atoms with Gasteiger partial charge in [-0.05, 0) is 58.0 Å². The van der Waals surface area contributed by atoms with Gasteiger partial charge in [0.1, 0.15) is 5.75 Å². The van der Waals surface area contributed by atoms with Crippen LogP contribution in [0.25, 0.3) is 5.69 Å². The summed E-state index contributed by atoms with van der Waals surface area (Å²) in [5.41, 5.74) is 1.78. The summed E-state index contributed by atoms with van der Waals surface area (Å²) in [7, 11) is 0. The number of phenolic OH excluding ortho intramolecular Hbond substituents is 1. The van der Waals surface area contributed by atoms with Gasteiger partial charge in [0.2, 0.25) is 0 Å². The fourth-order valence-corrected chi connectivity index (χ4v) is 5.89. The average Bonchev–Trinajstić information content (AvgIpc) is 3.12. The van der Waals surface area contributed by atoms with Gasteiger partial charge in [0.05, 0.1) is 21.9 Å². The molecule has 3 aliphatic rings. The van der Waals surface area contributed by atoms with Gasteiger partial charge in [0.25, 0.3) is 0 Å². The highest BCUT2D eigenvalue weighted by Crippen LogP contribution is 2.50. The van der Waals surface area contributed by atoms with Gasteiger partial charge in [-0.15, -0.1) is 0 Å². The fourth-order valence-electron chi connectivity index (χ4n) is 5.31. The third kappa shape index (κ3) is 3.18. The molecule has 2 aliphatic carbocycles. The molecule has 0 saturated heterocycles. The molecule has 8 nitrogen and oxygen atoms in total. The van der Waals surface area contributed by atoms with Crippen LogP contribution < -0.4 is 11.4 Å². The molecule has 6 rings (SSSR count).